The van der Waals surface area contributed by atoms with Gasteiger partial charge in [-0.1, -0.05) is 252 Å². The molecule has 0 aromatic heterocycles. The molecule has 298 valence electrons. The Bertz CT molecular complexity index is 659. The molecule has 1 atom stereocenters. The topological polar surface area (TPSA) is 6.48 Å². The summed E-state index contributed by atoms with van der Waals surface area (Å²) < 4.78 is 0. The van der Waals surface area contributed by atoms with E-state index in [1.165, 1.54) is 270 Å². The van der Waals surface area contributed by atoms with E-state index in [4.69, 9.17) is 0 Å². The Balaban J connectivity index is 2.21. The fourth-order valence-corrected chi connectivity index (χ4v) is 8.31. The van der Waals surface area contributed by atoms with Gasteiger partial charge in [0.2, 0.25) is 0 Å². The minimum atomic E-state index is 0.636. The molecule has 1 aliphatic heterocycles. The van der Waals surface area contributed by atoms with Crippen molar-refractivity contribution in [1.82, 2.24) is 9.80 Å². The first kappa shape index (κ1) is 47.4. The van der Waals surface area contributed by atoms with Crippen molar-refractivity contribution < 1.29 is 0 Å². The lowest BCUT2D eigenvalue weighted by molar-refractivity contribution is 0.135. The highest BCUT2D eigenvalue weighted by atomic mass is 15.4. The van der Waals surface area contributed by atoms with E-state index >= 15 is 0 Å². The minimum absolute atomic E-state index is 0.636. The third kappa shape index (κ3) is 30.9. The van der Waals surface area contributed by atoms with Crippen LogP contribution in [0.4, 0.5) is 0 Å². The number of hydrogen-bond acceptors (Lipinski definition) is 2. The predicted molar refractivity (Wildman–Crippen MR) is 228 cm³/mol. The molecule has 0 aromatic rings. The minimum Gasteiger partial charge on any atom is -0.356 e. The standard InChI is InChI=1S/C48H96N2/c1-4-7-10-13-16-19-22-25-27-30-33-36-39-42-45-50-47-46-49(44-41-38-35-32-29-24-21-18-15-12-9-6-3)48(50)43-40-37-34-31-28-26-23-20-17-14-11-8-5-2/h46-48H,4-45H2,1-3H3. The Kier molecular flexibility index (Phi) is 37.5. The fraction of sp³-hybridized carbons (Fsp3) is 0.958. The van der Waals surface area contributed by atoms with Gasteiger partial charge >= 0.3 is 0 Å². The van der Waals surface area contributed by atoms with E-state index in [9.17, 15) is 0 Å². The Morgan fingerprint density at radius 2 is 0.460 bits per heavy atom. The molecule has 1 unspecified atom stereocenters. The average molecular weight is 701 g/mol. The van der Waals surface area contributed by atoms with E-state index < -0.39 is 0 Å². The first-order chi connectivity index (χ1) is 24.8. The SMILES string of the molecule is CCCCCCCCCCCCCCCCN1C=CN(CCCCCCCCCCCCCC)C1CCCCCCCCCCCCCCC. The van der Waals surface area contributed by atoms with E-state index in [2.05, 4.69) is 43.0 Å². The third-order valence-corrected chi connectivity index (χ3v) is 11.8. The first-order valence-electron chi connectivity index (χ1n) is 24.0. The molecule has 0 aromatic carbocycles. The highest BCUT2D eigenvalue weighted by Gasteiger charge is 2.24. The summed E-state index contributed by atoms with van der Waals surface area (Å²) >= 11 is 0. The summed E-state index contributed by atoms with van der Waals surface area (Å²) in [6.45, 7) is 9.49. The molecule has 0 N–H and O–H groups in total. The van der Waals surface area contributed by atoms with Gasteiger partial charge in [-0.05, 0) is 25.7 Å². The van der Waals surface area contributed by atoms with Crippen LogP contribution in [0, 0.1) is 0 Å². The zero-order valence-electron chi connectivity index (χ0n) is 35.3. The molecule has 0 saturated carbocycles. The van der Waals surface area contributed by atoms with E-state index in [1.807, 2.05) is 0 Å². The van der Waals surface area contributed by atoms with Crippen molar-refractivity contribution >= 4 is 0 Å². The number of hydrogen-bond donors (Lipinski definition) is 0. The van der Waals surface area contributed by atoms with Crippen LogP contribution in [0.5, 0.6) is 0 Å². The van der Waals surface area contributed by atoms with Gasteiger partial charge in [0.25, 0.3) is 0 Å². The van der Waals surface area contributed by atoms with Crippen molar-refractivity contribution in [3.05, 3.63) is 12.4 Å². The average Bonchev–Trinajstić information content (AvgIpc) is 3.51. The summed E-state index contributed by atoms with van der Waals surface area (Å²) in [6.07, 6.45) is 63.4. The normalized spacial score (nSPS) is 14.5. The Labute approximate surface area is 318 Å². The molecule has 2 nitrogen and oxygen atoms in total. The summed E-state index contributed by atoms with van der Waals surface area (Å²) in [7, 11) is 0. The quantitative estimate of drug-likeness (QED) is 0.0585. The summed E-state index contributed by atoms with van der Waals surface area (Å²) in [4.78, 5) is 5.47. The maximum Gasteiger partial charge on any atom is 0.101 e. The molecule has 50 heavy (non-hydrogen) atoms. The lowest BCUT2D eigenvalue weighted by atomic mass is 10.0. The highest BCUT2D eigenvalue weighted by Crippen LogP contribution is 2.24. The van der Waals surface area contributed by atoms with Crippen LogP contribution in [0.1, 0.15) is 278 Å². The van der Waals surface area contributed by atoms with Crippen LogP contribution >= 0.6 is 0 Å². The van der Waals surface area contributed by atoms with Gasteiger partial charge in [-0.25, -0.2) is 0 Å². The van der Waals surface area contributed by atoms with Gasteiger partial charge in [-0.15, -0.1) is 0 Å². The van der Waals surface area contributed by atoms with Crippen molar-refractivity contribution in [3.63, 3.8) is 0 Å². The fourth-order valence-electron chi connectivity index (χ4n) is 8.31. The maximum absolute atomic E-state index is 2.74. The van der Waals surface area contributed by atoms with Crippen LogP contribution in [0.15, 0.2) is 12.4 Å². The second kappa shape index (κ2) is 39.5. The molecule has 0 bridgehead atoms. The molecule has 0 aliphatic carbocycles. The highest BCUT2D eigenvalue weighted by molar-refractivity contribution is 4.97. The third-order valence-electron chi connectivity index (χ3n) is 11.8. The zero-order chi connectivity index (χ0) is 35.8. The predicted octanol–water partition coefficient (Wildman–Crippen LogP) is 17.1. The van der Waals surface area contributed by atoms with Gasteiger partial charge in [0.05, 0.1) is 0 Å². The molecule has 0 fully saturated rings. The second-order valence-corrected chi connectivity index (χ2v) is 16.8. The molecule has 1 heterocycles. The summed E-state index contributed by atoms with van der Waals surface area (Å²) in [5.41, 5.74) is 0. The van der Waals surface area contributed by atoms with Crippen LogP contribution in [-0.4, -0.2) is 29.1 Å². The van der Waals surface area contributed by atoms with Crippen molar-refractivity contribution in [2.24, 2.45) is 0 Å². The zero-order valence-corrected chi connectivity index (χ0v) is 35.3. The van der Waals surface area contributed by atoms with Crippen molar-refractivity contribution in [2.75, 3.05) is 13.1 Å². The molecule has 2 heteroatoms. The Morgan fingerprint density at radius 1 is 0.260 bits per heavy atom. The van der Waals surface area contributed by atoms with Crippen molar-refractivity contribution in [1.29, 1.82) is 0 Å². The smallest absolute Gasteiger partial charge is 0.101 e. The lowest BCUT2D eigenvalue weighted by Gasteiger charge is -2.33. The largest absolute Gasteiger partial charge is 0.356 e. The first-order valence-corrected chi connectivity index (χ1v) is 24.0. The van der Waals surface area contributed by atoms with E-state index in [1.54, 1.807) is 0 Å². The monoisotopic (exact) mass is 701 g/mol. The van der Waals surface area contributed by atoms with Gasteiger partial charge < -0.3 is 9.80 Å². The van der Waals surface area contributed by atoms with E-state index in [0.717, 1.165) is 0 Å². The van der Waals surface area contributed by atoms with E-state index in [-0.39, 0.29) is 0 Å². The van der Waals surface area contributed by atoms with Crippen LogP contribution in [0.25, 0.3) is 0 Å². The van der Waals surface area contributed by atoms with E-state index in [0.29, 0.717) is 6.17 Å². The van der Waals surface area contributed by atoms with Crippen LogP contribution in [0.2, 0.25) is 0 Å². The molecule has 0 spiro atoms. The Hall–Kier alpha value is -0.660. The summed E-state index contributed by atoms with van der Waals surface area (Å²) in [5.74, 6) is 0. The number of rotatable bonds is 42. The Morgan fingerprint density at radius 3 is 0.700 bits per heavy atom. The van der Waals surface area contributed by atoms with Gasteiger partial charge in [0, 0.05) is 25.5 Å². The van der Waals surface area contributed by atoms with Crippen molar-refractivity contribution in [2.45, 2.75) is 284 Å². The number of nitrogens with zero attached hydrogens (tertiary/aromatic N) is 2. The lowest BCUT2D eigenvalue weighted by Crippen LogP contribution is -2.39. The maximum atomic E-state index is 2.74. The number of unbranched alkanes of at least 4 members (excludes halogenated alkanes) is 36. The molecular weight excluding hydrogens is 605 g/mol. The molecule has 1 rings (SSSR count). The molecular formula is C48H96N2. The molecule has 0 saturated heterocycles. The second-order valence-electron chi connectivity index (χ2n) is 16.8. The van der Waals surface area contributed by atoms with Gasteiger partial charge in [0.1, 0.15) is 6.17 Å². The van der Waals surface area contributed by atoms with Gasteiger partial charge in [-0.3, -0.25) is 0 Å². The molecule has 0 radical (unpaired) electrons. The van der Waals surface area contributed by atoms with Gasteiger partial charge in [-0.2, -0.15) is 0 Å². The van der Waals surface area contributed by atoms with Crippen molar-refractivity contribution in [3.8, 4) is 0 Å². The molecule has 1 aliphatic rings. The summed E-state index contributed by atoms with van der Waals surface area (Å²) in [6, 6.07) is 0. The van der Waals surface area contributed by atoms with Gasteiger partial charge in [0.15, 0.2) is 0 Å². The molecule has 0 amide bonds. The van der Waals surface area contributed by atoms with Crippen LogP contribution in [0.3, 0.4) is 0 Å². The summed E-state index contributed by atoms with van der Waals surface area (Å²) in [5, 5.41) is 0. The van der Waals surface area contributed by atoms with Crippen LogP contribution < -0.4 is 0 Å². The van der Waals surface area contributed by atoms with Crippen LogP contribution in [-0.2, 0) is 0 Å².